The van der Waals surface area contributed by atoms with E-state index >= 15 is 0 Å². The Hall–Kier alpha value is -1.00. The van der Waals surface area contributed by atoms with Gasteiger partial charge in [0, 0.05) is 12.1 Å². The number of rotatable bonds is 5. The number of benzene rings is 1. The third kappa shape index (κ3) is 3.98. The second-order valence-electron chi connectivity index (χ2n) is 5.23. The van der Waals surface area contributed by atoms with Crippen LogP contribution in [-0.2, 0) is 6.54 Å². The molecule has 106 valence electrons. The zero-order chi connectivity index (χ0) is 13.7. The molecule has 0 radical (unpaired) electrons. The van der Waals surface area contributed by atoms with Crippen LogP contribution in [0.15, 0.2) is 18.2 Å². The minimum absolute atomic E-state index is 0.202. The molecule has 0 unspecified atom stereocenters. The maximum absolute atomic E-state index is 13.6. The van der Waals surface area contributed by atoms with Crippen LogP contribution in [0.2, 0.25) is 0 Å². The highest BCUT2D eigenvalue weighted by Crippen LogP contribution is 2.20. The molecule has 0 amide bonds. The van der Waals surface area contributed by atoms with Crippen LogP contribution in [0.25, 0.3) is 0 Å². The van der Waals surface area contributed by atoms with Gasteiger partial charge >= 0.3 is 0 Å². The molecule has 1 aromatic rings. The lowest BCUT2D eigenvalue weighted by atomic mass is 9.96. The summed E-state index contributed by atoms with van der Waals surface area (Å²) in [5, 5.41) is 3.36. The van der Waals surface area contributed by atoms with E-state index in [1.54, 1.807) is 0 Å². The van der Waals surface area contributed by atoms with E-state index in [1.165, 1.54) is 18.2 Å². The van der Waals surface area contributed by atoms with E-state index in [4.69, 9.17) is 0 Å². The molecular weight excluding hydrogens is 246 g/mol. The number of halogens is 2. The van der Waals surface area contributed by atoms with Gasteiger partial charge in [0.15, 0.2) is 0 Å². The smallest absolute Gasteiger partial charge is 0.130 e. The molecule has 1 aromatic carbocycles. The van der Waals surface area contributed by atoms with Crippen LogP contribution < -0.4 is 5.32 Å². The van der Waals surface area contributed by atoms with Gasteiger partial charge in [0.1, 0.15) is 11.6 Å². The summed E-state index contributed by atoms with van der Waals surface area (Å²) in [6.45, 7) is 6.38. The summed E-state index contributed by atoms with van der Waals surface area (Å²) in [5.74, 6) is -0.175. The van der Waals surface area contributed by atoms with Crippen LogP contribution in [0.1, 0.15) is 25.3 Å². The summed E-state index contributed by atoms with van der Waals surface area (Å²) in [5.41, 5.74) is 0.202. The molecule has 2 rings (SSSR count). The molecule has 4 heteroatoms. The Morgan fingerprint density at radius 2 is 1.84 bits per heavy atom. The topological polar surface area (TPSA) is 15.3 Å². The first-order valence-electron chi connectivity index (χ1n) is 7.06. The standard InChI is InChI=1S/C15H22F2N2/c1-2-18-10-12-6-8-19(9-7-12)11-13-14(16)4-3-5-15(13)17/h3-5,12,18H,2,6-11H2,1H3. The van der Waals surface area contributed by atoms with Crippen LogP contribution in [0.3, 0.4) is 0 Å². The van der Waals surface area contributed by atoms with Crippen molar-refractivity contribution in [1.29, 1.82) is 0 Å². The quantitative estimate of drug-likeness (QED) is 0.883. The van der Waals surface area contributed by atoms with Crippen molar-refractivity contribution in [3.05, 3.63) is 35.4 Å². The monoisotopic (exact) mass is 268 g/mol. The highest BCUT2D eigenvalue weighted by Gasteiger charge is 2.20. The first-order valence-corrected chi connectivity index (χ1v) is 7.06. The Labute approximate surface area is 113 Å². The Kier molecular flexibility index (Phi) is 5.28. The maximum atomic E-state index is 13.6. The van der Waals surface area contributed by atoms with Crippen LogP contribution in [0.5, 0.6) is 0 Å². The van der Waals surface area contributed by atoms with Gasteiger partial charge < -0.3 is 5.32 Å². The molecule has 0 aromatic heterocycles. The Balaban J connectivity index is 1.85. The Morgan fingerprint density at radius 3 is 2.42 bits per heavy atom. The number of hydrogen-bond donors (Lipinski definition) is 1. The molecule has 19 heavy (non-hydrogen) atoms. The lowest BCUT2D eigenvalue weighted by Gasteiger charge is -2.32. The molecule has 1 aliphatic heterocycles. The van der Waals surface area contributed by atoms with E-state index < -0.39 is 11.6 Å². The highest BCUT2D eigenvalue weighted by molar-refractivity contribution is 5.19. The van der Waals surface area contributed by atoms with E-state index in [-0.39, 0.29) is 5.56 Å². The maximum Gasteiger partial charge on any atom is 0.130 e. The third-order valence-electron chi connectivity index (χ3n) is 3.83. The van der Waals surface area contributed by atoms with Gasteiger partial charge in [-0.2, -0.15) is 0 Å². The molecule has 1 fully saturated rings. The van der Waals surface area contributed by atoms with Crippen molar-refractivity contribution in [3.8, 4) is 0 Å². The van der Waals surface area contributed by atoms with Gasteiger partial charge in [0.25, 0.3) is 0 Å². The van der Waals surface area contributed by atoms with Crippen molar-refractivity contribution >= 4 is 0 Å². The minimum atomic E-state index is -0.435. The minimum Gasteiger partial charge on any atom is -0.317 e. The van der Waals surface area contributed by atoms with Gasteiger partial charge in [-0.3, -0.25) is 4.90 Å². The van der Waals surface area contributed by atoms with E-state index in [0.29, 0.717) is 12.5 Å². The van der Waals surface area contributed by atoms with Crippen LogP contribution >= 0.6 is 0 Å². The molecule has 1 saturated heterocycles. The van der Waals surface area contributed by atoms with Crippen LogP contribution in [0, 0.1) is 17.6 Å². The second-order valence-corrected chi connectivity index (χ2v) is 5.23. The number of nitrogens with one attached hydrogen (secondary N) is 1. The van der Waals surface area contributed by atoms with Gasteiger partial charge in [0.05, 0.1) is 0 Å². The molecule has 0 aliphatic carbocycles. The molecule has 1 N–H and O–H groups in total. The summed E-state index contributed by atoms with van der Waals surface area (Å²) in [7, 11) is 0. The van der Waals surface area contributed by atoms with E-state index in [2.05, 4.69) is 17.1 Å². The van der Waals surface area contributed by atoms with E-state index in [1.807, 2.05) is 0 Å². The molecule has 2 nitrogen and oxygen atoms in total. The van der Waals surface area contributed by atoms with Crippen molar-refractivity contribution in [2.45, 2.75) is 26.3 Å². The number of hydrogen-bond acceptors (Lipinski definition) is 2. The lowest BCUT2D eigenvalue weighted by molar-refractivity contribution is 0.172. The predicted octanol–water partition coefficient (Wildman–Crippen LogP) is 2.79. The number of likely N-dealkylation sites (tertiary alicyclic amines) is 1. The largest absolute Gasteiger partial charge is 0.317 e. The number of nitrogens with zero attached hydrogens (tertiary/aromatic N) is 1. The highest BCUT2D eigenvalue weighted by atomic mass is 19.1. The fourth-order valence-corrected chi connectivity index (χ4v) is 2.60. The normalized spacial score (nSPS) is 17.8. The predicted molar refractivity (Wildman–Crippen MR) is 72.9 cm³/mol. The van der Waals surface area contributed by atoms with Gasteiger partial charge in [-0.15, -0.1) is 0 Å². The van der Waals surface area contributed by atoms with Gasteiger partial charge in [-0.05, 0) is 57.1 Å². The first kappa shape index (κ1) is 14.4. The van der Waals surface area contributed by atoms with E-state index in [0.717, 1.165) is 39.0 Å². The molecular formula is C15H22F2N2. The lowest BCUT2D eigenvalue weighted by Crippen LogP contribution is -2.37. The molecule has 0 spiro atoms. The second kappa shape index (κ2) is 6.96. The van der Waals surface area contributed by atoms with E-state index in [9.17, 15) is 8.78 Å². The Morgan fingerprint density at radius 1 is 1.21 bits per heavy atom. The van der Waals surface area contributed by atoms with Gasteiger partial charge in [-0.1, -0.05) is 13.0 Å². The molecule has 0 saturated carbocycles. The van der Waals surface area contributed by atoms with Crippen molar-refractivity contribution in [3.63, 3.8) is 0 Å². The summed E-state index contributed by atoms with van der Waals surface area (Å²) in [6.07, 6.45) is 2.20. The average molecular weight is 268 g/mol. The van der Waals surface area contributed by atoms with Crippen molar-refractivity contribution in [1.82, 2.24) is 10.2 Å². The summed E-state index contributed by atoms with van der Waals surface area (Å²) >= 11 is 0. The first-order chi connectivity index (χ1) is 9.20. The molecule has 1 heterocycles. The van der Waals surface area contributed by atoms with Crippen molar-refractivity contribution < 1.29 is 8.78 Å². The van der Waals surface area contributed by atoms with Gasteiger partial charge in [-0.25, -0.2) is 8.78 Å². The molecule has 0 bridgehead atoms. The summed E-state index contributed by atoms with van der Waals surface area (Å²) < 4.78 is 27.1. The van der Waals surface area contributed by atoms with Crippen molar-refractivity contribution in [2.24, 2.45) is 5.92 Å². The fraction of sp³-hybridized carbons (Fsp3) is 0.600. The number of piperidine rings is 1. The third-order valence-corrected chi connectivity index (χ3v) is 3.83. The summed E-state index contributed by atoms with van der Waals surface area (Å²) in [4.78, 5) is 2.14. The SMILES string of the molecule is CCNCC1CCN(Cc2c(F)cccc2F)CC1. The zero-order valence-corrected chi connectivity index (χ0v) is 11.5. The molecule has 1 aliphatic rings. The Bertz CT molecular complexity index is 381. The fourth-order valence-electron chi connectivity index (χ4n) is 2.60. The van der Waals surface area contributed by atoms with Gasteiger partial charge in [0.2, 0.25) is 0 Å². The average Bonchev–Trinajstić information content (AvgIpc) is 2.42. The van der Waals surface area contributed by atoms with Crippen LogP contribution in [-0.4, -0.2) is 31.1 Å². The van der Waals surface area contributed by atoms with Crippen LogP contribution in [0.4, 0.5) is 8.78 Å². The van der Waals surface area contributed by atoms with Crippen molar-refractivity contribution in [2.75, 3.05) is 26.2 Å². The molecule has 0 atom stereocenters. The zero-order valence-electron chi connectivity index (χ0n) is 11.5. The summed E-state index contributed by atoms with van der Waals surface area (Å²) in [6, 6.07) is 4.07.